The molecular formula is C38H50ClN3O6S. The van der Waals surface area contributed by atoms with E-state index < -0.39 is 21.2 Å². The number of benzene rings is 2. The highest BCUT2D eigenvalue weighted by molar-refractivity contribution is 7.90. The Morgan fingerprint density at radius 3 is 2.76 bits per heavy atom. The molecule has 2 aromatic rings. The largest absolute Gasteiger partial charge is 0.490 e. The van der Waals surface area contributed by atoms with Crippen LogP contribution in [0.5, 0.6) is 5.75 Å². The topological polar surface area (TPSA) is 97.4 Å². The van der Waals surface area contributed by atoms with E-state index in [1.165, 1.54) is 11.1 Å². The van der Waals surface area contributed by atoms with Crippen LogP contribution in [0, 0.1) is 11.8 Å². The van der Waals surface area contributed by atoms with Crippen molar-refractivity contribution in [2.75, 3.05) is 64.1 Å². The maximum atomic E-state index is 13.5. The molecule has 1 saturated heterocycles. The van der Waals surface area contributed by atoms with E-state index in [2.05, 4.69) is 38.8 Å². The summed E-state index contributed by atoms with van der Waals surface area (Å²) in [5.74, 6) is 0.852. The molecule has 5 aliphatic rings. The number of hydrogen-bond donors (Lipinski definition) is 1. The molecule has 1 saturated carbocycles. The number of carbonyl (C=O) groups is 1. The van der Waals surface area contributed by atoms with Crippen molar-refractivity contribution in [2.24, 2.45) is 11.8 Å². The summed E-state index contributed by atoms with van der Waals surface area (Å²) in [6.45, 7) is 8.79. The van der Waals surface area contributed by atoms with E-state index in [-0.39, 0.29) is 11.5 Å². The second kappa shape index (κ2) is 14.9. The number of nitrogens with zero attached hydrogens (tertiary/aromatic N) is 2. The van der Waals surface area contributed by atoms with Crippen LogP contribution in [0.1, 0.15) is 73.4 Å². The van der Waals surface area contributed by atoms with E-state index in [9.17, 15) is 13.2 Å². The Labute approximate surface area is 296 Å². The summed E-state index contributed by atoms with van der Waals surface area (Å²) in [7, 11) is -3.88. The van der Waals surface area contributed by atoms with Crippen LogP contribution in [0.2, 0.25) is 5.02 Å². The molecule has 266 valence electrons. The summed E-state index contributed by atoms with van der Waals surface area (Å²) < 4.78 is 48.2. The van der Waals surface area contributed by atoms with Crippen molar-refractivity contribution in [3.8, 4) is 5.75 Å². The molecule has 11 heteroatoms. The van der Waals surface area contributed by atoms with Gasteiger partial charge in [-0.2, -0.15) is 0 Å². The SMILES string of the molecule is CC[C@@H]1CC/C=C/[C@H](OCCN2CCOCC2)[C@@H]2CC[C@H]2CN2C[C@@]3(CCCc4cc(Cl)ccc43)COc3ccc(cc32)C(=O)NS1(=O)=O. The third-order valence-electron chi connectivity index (χ3n) is 11.6. The maximum absolute atomic E-state index is 13.5. The van der Waals surface area contributed by atoms with E-state index >= 15 is 0 Å². The lowest BCUT2D eigenvalue weighted by atomic mass is 9.68. The zero-order valence-electron chi connectivity index (χ0n) is 28.6. The third kappa shape index (κ3) is 7.54. The van der Waals surface area contributed by atoms with Crippen molar-refractivity contribution in [3.63, 3.8) is 0 Å². The number of ether oxygens (including phenoxy) is 3. The Balaban J connectivity index is 1.23. The predicted molar refractivity (Wildman–Crippen MR) is 192 cm³/mol. The van der Waals surface area contributed by atoms with E-state index in [0.717, 1.165) is 94.5 Å². The molecule has 1 N–H and O–H groups in total. The van der Waals surface area contributed by atoms with E-state index in [1.54, 1.807) is 6.07 Å². The lowest BCUT2D eigenvalue weighted by Crippen LogP contribution is -2.50. The molecule has 1 amide bonds. The Hall–Kier alpha value is -2.63. The summed E-state index contributed by atoms with van der Waals surface area (Å²) in [6, 6.07) is 11.6. The summed E-state index contributed by atoms with van der Waals surface area (Å²) in [5, 5.41) is 0.0751. The molecule has 5 atom stereocenters. The Morgan fingerprint density at radius 1 is 1.10 bits per heavy atom. The summed E-state index contributed by atoms with van der Waals surface area (Å²) in [4.78, 5) is 18.3. The van der Waals surface area contributed by atoms with Gasteiger partial charge in [0.1, 0.15) is 5.75 Å². The molecule has 0 unspecified atom stereocenters. The highest BCUT2D eigenvalue weighted by Crippen LogP contribution is 2.47. The van der Waals surface area contributed by atoms with Gasteiger partial charge in [0.05, 0.1) is 43.5 Å². The number of amides is 1. The van der Waals surface area contributed by atoms with Crippen molar-refractivity contribution in [1.29, 1.82) is 0 Å². The highest BCUT2D eigenvalue weighted by atomic mass is 35.5. The molecule has 7 rings (SSSR count). The number of nitrogens with one attached hydrogen (secondary N) is 1. The molecule has 0 aromatic heterocycles. The van der Waals surface area contributed by atoms with Gasteiger partial charge in [0.2, 0.25) is 10.0 Å². The van der Waals surface area contributed by atoms with Gasteiger partial charge < -0.3 is 19.1 Å². The minimum Gasteiger partial charge on any atom is -0.490 e. The second-order valence-electron chi connectivity index (χ2n) is 14.6. The van der Waals surface area contributed by atoms with E-state index in [4.69, 9.17) is 25.8 Å². The first-order valence-corrected chi connectivity index (χ1v) is 20.1. The standard InChI is InChI=1S/C38H50ClN3O6S/c1-2-31-7-3-4-8-35(47-21-18-41-16-19-46-20-17-41)32-12-9-29(32)24-42-25-38(15-5-6-27-22-30(39)11-13-33(27)38)26-48-36-14-10-28(23-34(36)42)37(43)40-49(31,44)45/h4,8,10-11,13-14,22-23,29,31-32,35H,2-3,5-7,9,12,15-21,24-26H2,1H3,(H,40,43)/b8-4+/t29-,31+,32+,35-,38-/m0/s1. The van der Waals surface area contributed by atoms with Crippen LogP contribution in [0.4, 0.5) is 5.69 Å². The summed E-state index contributed by atoms with van der Waals surface area (Å²) >= 11 is 6.46. The first kappa shape index (κ1) is 34.8. The van der Waals surface area contributed by atoms with Crippen LogP contribution in [-0.2, 0) is 31.3 Å². The van der Waals surface area contributed by atoms with Gasteiger partial charge in [-0.1, -0.05) is 36.7 Å². The molecule has 2 aromatic carbocycles. The van der Waals surface area contributed by atoms with Gasteiger partial charge in [0, 0.05) is 48.7 Å². The number of hydrogen-bond acceptors (Lipinski definition) is 8. The van der Waals surface area contributed by atoms with Gasteiger partial charge in [0.25, 0.3) is 5.91 Å². The lowest BCUT2D eigenvalue weighted by molar-refractivity contribution is -0.0314. The molecule has 3 aliphatic heterocycles. The third-order valence-corrected chi connectivity index (χ3v) is 13.7. The number of rotatable bonds is 5. The molecule has 1 spiro atoms. The second-order valence-corrected chi connectivity index (χ2v) is 17.0. The fourth-order valence-electron chi connectivity index (χ4n) is 8.62. The molecule has 2 fully saturated rings. The molecule has 0 radical (unpaired) electrons. The van der Waals surface area contributed by atoms with Gasteiger partial charge in [-0.25, -0.2) is 13.1 Å². The van der Waals surface area contributed by atoms with Gasteiger partial charge in [-0.3, -0.25) is 9.69 Å². The van der Waals surface area contributed by atoms with Crippen LogP contribution in [0.25, 0.3) is 0 Å². The van der Waals surface area contributed by atoms with Crippen LogP contribution in [0.3, 0.4) is 0 Å². The van der Waals surface area contributed by atoms with Crippen LogP contribution >= 0.6 is 11.6 Å². The highest BCUT2D eigenvalue weighted by Gasteiger charge is 2.44. The minimum atomic E-state index is -3.88. The Morgan fingerprint density at radius 2 is 1.96 bits per heavy atom. The molecule has 2 aliphatic carbocycles. The number of morpholine rings is 1. The number of carbonyl (C=O) groups excluding carboxylic acids is 1. The first-order valence-electron chi connectivity index (χ1n) is 18.2. The smallest absolute Gasteiger partial charge is 0.264 e. The quantitative estimate of drug-likeness (QED) is 0.392. The number of sulfonamides is 1. The summed E-state index contributed by atoms with van der Waals surface area (Å²) in [6.07, 6.45) is 10.9. The maximum Gasteiger partial charge on any atom is 0.264 e. The van der Waals surface area contributed by atoms with Gasteiger partial charge in [0.15, 0.2) is 0 Å². The molecule has 49 heavy (non-hydrogen) atoms. The molecule has 3 heterocycles. The lowest BCUT2D eigenvalue weighted by Gasteiger charge is -2.46. The molecule has 2 bridgehead atoms. The van der Waals surface area contributed by atoms with E-state index in [0.29, 0.717) is 49.9 Å². The monoisotopic (exact) mass is 711 g/mol. The normalized spacial score (nSPS) is 31.0. The van der Waals surface area contributed by atoms with Crippen LogP contribution in [-0.4, -0.2) is 89.7 Å². The molecule has 9 nitrogen and oxygen atoms in total. The van der Waals surface area contributed by atoms with Crippen molar-refractivity contribution >= 4 is 33.2 Å². The summed E-state index contributed by atoms with van der Waals surface area (Å²) in [5.41, 5.74) is 3.48. The zero-order valence-corrected chi connectivity index (χ0v) is 30.2. The van der Waals surface area contributed by atoms with Gasteiger partial charge in [-0.05, 0) is 105 Å². The fourth-order valence-corrected chi connectivity index (χ4v) is 10.2. The van der Waals surface area contributed by atoms with Crippen molar-refractivity contribution in [2.45, 2.75) is 75.1 Å². The van der Waals surface area contributed by atoms with Crippen molar-refractivity contribution in [1.82, 2.24) is 9.62 Å². The predicted octanol–water partition coefficient (Wildman–Crippen LogP) is 5.74. The number of anilines is 1. The average molecular weight is 712 g/mol. The fraction of sp³-hybridized carbons (Fsp3) is 0.605. The number of fused-ring (bicyclic) bond motifs is 4. The Bertz CT molecular complexity index is 1650. The van der Waals surface area contributed by atoms with E-state index in [1.807, 2.05) is 25.1 Å². The molecular weight excluding hydrogens is 662 g/mol. The van der Waals surface area contributed by atoms with Gasteiger partial charge in [-0.15, -0.1) is 0 Å². The number of allylic oxidation sites excluding steroid dienone is 1. The number of aryl methyl sites for hydroxylation is 1. The van der Waals surface area contributed by atoms with Crippen LogP contribution < -0.4 is 14.4 Å². The first-order chi connectivity index (χ1) is 23.7. The van der Waals surface area contributed by atoms with Crippen molar-refractivity contribution < 1.29 is 27.4 Å². The number of halogens is 1. The minimum absolute atomic E-state index is 0.0513. The Kier molecular flexibility index (Phi) is 10.6. The van der Waals surface area contributed by atoms with Crippen molar-refractivity contribution in [3.05, 3.63) is 70.3 Å². The zero-order chi connectivity index (χ0) is 34.0. The van der Waals surface area contributed by atoms with Crippen LogP contribution in [0.15, 0.2) is 48.6 Å². The van der Waals surface area contributed by atoms with Gasteiger partial charge >= 0.3 is 0 Å². The average Bonchev–Trinajstić information content (AvgIpc) is 3.23.